The lowest BCUT2D eigenvalue weighted by Crippen LogP contribution is -2.52. The number of hydrogen-bond acceptors (Lipinski definition) is 3. The first-order valence-corrected chi connectivity index (χ1v) is 4.54. The summed E-state index contributed by atoms with van der Waals surface area (Å²) in [4.78, 5) is 15.2. The molecular weight excluding hydrogens is 166 g/mol. The van der Waals surface area contributed by atoms with Gasteiger partial charge in [-0.05, 0) is 13.8 Å². The van der Waals surface area contributed by atoms with Crippen LogP contribution < -0.4 is 0 Å². The number of rotatable bonds is 2. The van der Waals surface area contributed by atoms with Crippen LogP contribution in [0.2, 0.25) is 0 Å². The minimum atomic E-state index is 0.136. The molecule has 0 bridgehead atoms. The lowest BCUT2D eigenvalue weighted by molar-refractivity contribution is -0.137. The van der Waals surface area contributed by atoms with Crippen molar-refractivity contribution in [2.45, 2.75) is 19.9 Å². The van der Waals surface area contributed by atoms with Crippen LogP contribution in [0.4, 0.5) is 0 Å². The van der Waals surface area contributed by atoms with Crippen LogP contribution in [-0.2, 0) is 4.79 Å². The summed E-state index contributed by atoms with van der Waals surface area (Å²) in [6, 6.07) is 2.33. The van der Waals surface area contributed by atoms with Gasteiger partial charge in [0, 0.05) is 19.1 Å². The van der Waals surface area contributed by atoms with Gasteiger partial charge in [0.05, 0.1) is 19.2 Å². The molecule has 13 heavy (non-hydrogen) atoms. The Hall–Kier alpha value is -1.08. The van der Waals surface area contributed by atoms with Crippen molar-refractivity contribution in [2.24, 2.45) is 0 Å². The lowest BCUT2D eigenvalue weighted by Gasteiger charge is -2.35. The van der Waals surface area contributed by atoms with Crippen molar-refractivity contribution in [3.63, 3.8) is 0 Å². The fourth-order valence-corrected chi connectivity index (χ4v) is 1.52. The van der Waals surface area contributed by atoms with Crippen LogP contribution in [0, 0.1) is 11.3 Å². The summed E-state index contributed by atoms with van der Waals surface area (Å²) in [7, 11) is 0. The van der Waals surface area contributed by atoms with E-state index in [1.165, 1.54) is 0 Å². The molecule has 0 saturated carbocycles. The van der Waals surface area contributed by atoms with Gasteiger partial charge in [0.2, 0.25) is 5.91 Å². The molecule has 72 valence electrons. The summed E-state index contributed by atoms with van der Waals surface area (Å²) in [5, 5.41) is 8.46. The monoisotopic (exact) mass is 181 g/mol. The largest absolute Gasteiger partial charge is 0.338 e. The number of carbonyl (C=O) groups excluding carboxylic acids is 1. The third kappa shape index (κ3) is 2.43. The standard InChI is InChI=1S/C9H15N3O/c1-8(2)12-6-5-11(4-3-10)7-9(12)13/h8H,4-7H2,1-2H3. The van der Waals surface area contributed by atoms with Crippen LogP contribution in [-0.4, -0.2) is 47.9 Å². The van der Waals surface area contributed by atoms with Gasteiger partial charge in [-0.25, -0.2) is 0 Å². The van der Waals surface area contributed by atoms with E-state index in [2.05, 4.69) is 6.07 Å². The van der Waals surface area contributed by atoms with Crippen LogP contribution in [0.25, 0.3) is 0 Å². The van der Waals surface area contributed by atoms with Crippen LogP contribution in [0.5, 0.6) is 0 Å². The topological polar surface area (TPSA) is 47.3 Å². The number of hydrogen-bond donors (Lipinski definition) is 0. The molecule has 0 unspecified atom stereocenters. The Morgan fingerprint density at radius 2 is 2.23 bits per heavy atom. The van der Waals surface area contributed by atoms with Crippen molar-refractivity contribution < 1.29 is 4.79 Å². The maximum absolute atomic E-state index is 11.5. The summed E-state index contributed by atoms with van der Waals surface area (Å²) >= 11 is 0. The van der Waals surface area contributed by atoms with Crippen molar-refractivity contribution >= 4 is 5.91 Å². The minimum Gasteiger partial charge on any atom is -0.338 e. The second kappa shape index (κ2) is 4.24. The normalized spacial score (nSPS) is 19.2. The molecule has 1 amide bonds. The summed E-state index contributed by atoms with van der Waals surface area (Å²) in [5.41, 5.74) is 0. The van der Waals surface area contributed by atoms with Gasteiger partial charge >= 0.3 is 0 Å². The molecule has 0 radical (unpaired) electrons. The van der Waals surface area contributed by atoms with Gasteiger partial charge in [-0.3, -0.25) is 9.69 Å². The predicted octanol–water partition coefficient (Wildman–Crippen LogP) is 0.0626. The molecule has 0 atom stereocenters. The highest BCUT2D eigenvalue weighted by atomic mass is 16.2. The van der Waals surface area contributed by atoms with E-state index in [1.54, 1.807) is 0 Å². The molecule has 0 spiro atoms. The van der Waals surface area contributed by atoms with Crippen LogP contribution in [0.3, 0.4) is 0 Å². The molecular formula is C9H15N3O. The van der Waals surface area contributed by atoms with Crippen molar-refractivity contribution in [3.8, 4) is 6.07 Å². The highest BCUT2D eigenvalue weighted by molar-refractivity contribution is 5.79. The van der Waals surface area contributed by atoms with Gasteiger partial charge < -0.3 is 4.90 Å². The van der Waals surface area contributed by atoms with E-state index < -0.39 is 0 Å². The molecule has 4 heteroatoms. The zero-order valence-electron chi connectivity index (χ0n) is 8.16. The van der Waals surface area contributed by atoms with Crippen molar-refractivity contribution in [1.82, 2.24) is 9.80 Å². The van der Waals surface area contributed by atoms with Crippen LogP contribution in [0.1, 0.15) is 13.8 Å². The Morgan fingerprint density at radius 3 is 2.69 bits per heavy atom. The number of amides is 1. The number of piperazine rings is 1. The van der Waals surface area contributed by atoms with E-state index in [1.807, 2.05) is 23.6 Å². The van der Waals surface area contributed by atoms with Gasteiger partial charge in [0.15, 0.2) is 0 Å². The highest BCUT2D eigenvalue weighted by Crippen LogP contribution is 2.06. The molecule has 0 aromatic heterocycles. The first-order chi connectivity index (χ1) is 6.15. The molecule has 0 aromatic rings. The van der Waals surface area contributed by atoms with Gasteiger partial charge in [-0.15, -0.1) is 0 Å². The molecule has 1 aliphatic heterocycles. The number of carbonyl (C=O) groups is 1. The smallest absolute Gasteiger partial charge is 0.237 e. The maximum Gasteiger partial charge on any atom is 0.237 e. The molecule has 0 aliphatic carbocycles. The molecule has 1 saturated heterocycles. The van der Waals surface area contributed by atoms with Crippen LogP contribution in [0.15, 0.2) is 0 Å². The Labute approximate surface area is 78.7 Å². The van der Waals surface area contributed by atoms with E-state index in [0.717, 1.165) is 13.1 Å². The van der Waals surface area contributed by atoms with Crippen molar-refractivity contribution in [1.29, 1.82) is 5.26 Å². The molecule has 0 aromatic carbocycles. The highest BCUT2D eigenvalue weighted by Gasteiger charge is 2.24. The first-order valence-electron chi connectivity index (χ1n) is 4.54. The summed E-state index contributed by atoms with van der Waals surface area (Å²) < 4.78 is 0. The van der Waals surface area contributed by atoms with Gasteiger partial charge in [-0.1, -0.05) is 0 Å². The van der Waals surface area contributed by atoms with Gasteiger partial charge in [-0.2, -0.15) is 5.26 Å². The fourth-order valence-electron chi connectivity index (χ4n) is 1.52. The zero-order valence-corrected chi connectivity index (χ0v) is 8.16. The second-order valence-corrected chi connectivity index (χ2v) is 3.55. The quantitative estimate of drug-likeness (QED) is 0.566. The van der Waals surface area contributed by atoms with E-state index in [9.17, 15) is 4.79 Å². The summed E-state index contributed by atoms with van der Waals surface area (Å²) in [5.74, 6) is 0.136. The zero-order chi connectivity index (χ0) is 9.84. The minimum absolute atomic E-state index is 0.136. The SMILES string of the molecule is CC(C)N1CCN(CC#N)CC1=O. The van der Waals surface area contributed by atoms with Crippen molar-refractivity contribution in [2.75, 3.05) is 26.2 Å². The third-order valence-electron chi connectivity index (χ3n) is 2.25. The van der Waals surface area contributed by atoms with Crippen molar-refractivity contribution in [3.05, 3.63) is 0 Å². The first kappa shape index (κ1) is 10.0. The Balaban J connectivity index is 2.48. The Morgan fingerprint density at radius 1 is 1.54 bits per heavy atom. The molecule has 4 nitrogen and oxygen atoms in total. The van der Waals surface area contributed by atoms with E-state index in [-0.39, 0.29) is 11.9 Å². The predicted molar refractivity (Wildman–Crippen MR) is 48.9 cm³/mol. The molecule has 1 rings (SSSR count). The Bertz CT molecular complexity index is 232. The van der Waals surface area contributed by atoms with Gasteiger partial charge in [0.25, 0.3) is 0 Å². The molecule has 0 N–H and O–H groups in total. The summed E-state index contributed by atoms with van der Waals surface area (Å²) in [6.07, 6.45) is 0. The molecule has 1 aliphatic rings. The lowest BCUT2D eigenvalue weighted by atomic mass is 10.2. The van der Waals surface area contributed by atoms with Gasteiger partial charge in [0.1, 0.15) is 0 Å². The molecule has 1 heterocycles. The Kier molecular flexibility index (Phi) is 3.26. The van der Waals surface area contributed by atoms with Crippen LogP contribution >= 0.6 is 0 Å². The van der Waals surface area contributed by atoms with E-state index >= 15 is 0 Å². The van der Waals surface area contributed by atoms with E-state index in [0.29, 0.717) is 13.1 Å². The third-order valence-corrected chi connectivity index (χ3v) is 2.25. The maximum atomic E-state index is 11.5. The molecule has 1 fully saturated rings. The average molecular weight is 181 g/mol. The number of nitrogens with zero attached hydrogens (tertiary/aromatic N) is 3. The summed E-state index contributed by atoms with van der Waals surface area (Å²) in [6.45, 7) is 6.34. The van der Waals surface area contributed by atoms with E-state index in [4.69, 9.17) is 5.26 Å². The number of nitriles is 1. The second-order valence-electron chi connectivity index (χ2n) is 3.55. The average Bonchev–Trinajstić information content (AvgIpc) is 2.04. The fraction of sp³-hybridized carbons (Fsp3) is 0.778.